The molecule has 1 fully saturated rings. The quantitative estimate of drug-likeness (QED) is 0.944. The van der Waals surface area contributed by atoms with Crippen molar-refractivity contribution in [2.24, 2.45) is 7.05 Å². The van der Waals surface area contributed by atoms with Gasteiger partial charge in [0.1, 0.15) is 5.75 Å². The summed E-state index contributed by atoms with van der Waals surface area (Å²) in [7, 11) is 3.53. The number of amides is 1. The van der Waals surface area contributed by atoms with E-state index in [0.717, 1.165) is 35.4 Å². The summed E-state index contributed by atoms with van der Waals surface area (Å²) in [5.74, 6) is 0.777. The van der Waals surface area contributed by atoms with Gasteiger partial charge in [-0.1, -0.05) is 12.8 Å². The molecular formula is C18H23N3O2. The number of rotatable bonds is 4. The summed E-state index contributed by atoms with van der Waals surface area (Å²) in [4.78, 5) is 12.4. The predicted octanol–water partition coefficient (Wildman–Crippen LogP) is 3.08. The van der Waals surface area contributed by atoms with Crippen LogP contribution in [0.1, 0.15) is 41.7 Å². The van der Waals surface area contributed by atoms with E-state index in [1.54, 1.807) is 11.8 Å². The summed E-state index contributed by atoms with van der Waals surface area (Å²) in [5.41, 5.74) is 3.48. The Kier molecular flexibility index (Phi) is 4.37. The van der Waals surface area contributed by atoms with Crippen LogP contribution in [0.4, 0.5) is 0 Å². The first kappa shape index (κ1) is 15.6. The van der Waals surface area contributed by atoms with E-state index in [-0.39, 0.29) is 5.91 Å². The number of nitrogens with one attached hydrogen (secondary N) is 1. The number of methoxy groups -OCH3 is 1. The van der Waals surface area contributed by atoms with Gasteiger partial charge >= 0.3 is 0 Å². The smallest absolute Gasteiger partial charge is 0.272 e. The highest BCUT2D eigenvalue weighted by Crippen LogP contribution is 2.26. The van der Waals surface area contributed by atoms with E-state index in [9.17, 15) is 4.79 Å². The lowest BCUT2D eigenvalue weighted by Crippen LogP contribution is -2.32. The van der Waals surface area contributed by atoms with Crippen LogP contribution in [-0.4, -0.2) is 28.8 Å². The number of ether oxygens (including phenoxy) is 1. The molecular weight excluding hydrogens is 290 g/mol. The molecule has 1 N–H and O–H groups in total. The maximum Gasteiger partial charge on any atom is 0.272 e. The van der Waals surface area contributed by atoms with Gasteiger partial charge in [0.05, 0.1) is 12.8 Å². The Balaban J connectivity index is 1.82. The third-order valence-corrected chi connectivity index (χ3v) is 4.49. The third-order valence-electron chi connectivity index (χ3n) is 4.49. The lowest BCUT2D eigenvalue weighted by atomic mass is 10.1. The normalized spacial score (nSPS) is 14.9. The maximum atomic E-state index is 12.4. The maximum absolute atomic E-state index is 12.4. The molecule has 1 aliphatic rings. The van der Waals surface area contributed by atoms with Crippen molar-refractivity contribution in [1.82, 2.24) is 15.1 Å². The predicted molar refractivity (Wildman–Crippen MR) is 89.7 cm³/mol. The van der Waals surface area contributed by atoms with E-state index in [1.165, 1.54) is 12.8 Å². The van der Waals surface area contributed by atoms with E-state index < -0.39 is 0 Å². The molecule has 1 aromatic heterocycles. The molecule has 3 rings (SSSR count). The molecule has 23 heavy (non-hydrogen) atoms. The fraction of sp³-hybridized carbons (Fsp3) is 0.444. The van der Waals surface area contributed by atoms with Gasteiger partial charge in [0, 0.05) is 18.7 Å². The largest absolute Gasteiger partial charge is 0.496 e. The molecule has 0 unspecified atom stereocenters. The Bertz CT molecular complexity index is 715. The second-order valence-electron chi connectivity index (χ2n) is 6.18. The van der Waals surface area contributed by atoms with Gasteiger partial charge in [-0.05, 0) is 49.6 Å². The van der Waals surface area contributed by atoms with Gasteiger partial charge in [-0.25, -0.2) is 0 Å². The molecule has 1 aromatic carbocycles. The number of benzene rings is 1. The fourth-order valence-corrected chi connectivity index (χ4v) is 3.22. The topological polar surface area (TPSA) is 56.1 Å². The zero-order valence-corrected chi connectivity index (χ0v) is 13.9. The van der Waals surface area contributed by atoms with E-state index in [1.807, 2.05) is 32.2 Å². The van der Waals surface area contributed by atoms with Crippen molar-refractivity contribution in [3.05, 3.63) is 35.5 Å². The molecule has 0 bridgehead atoms. The van der Waals surface area contributed by atoms with Crippen LogP contribution in [0.25, 0.3) is 11.3 Å². The number of carbonyl (C=O) groups is 1. The van der Waals surface area contributed by atoms with Crippen molar-refractivity contribution in [3.8, 4) is 17.0 Å². The third kappa shape index (κ3) is 3.23. The highest BCUT2D eigenvalue weighted by Gasteiger charge is 2.20. The van der Waals surface area contributed by atoms with Crippen molar-refractivity contribution in [1.29, 1.82) is 0 Å². The number of aromatic nitrogens is 2. The highest BCUT2D eigenvalue weighted by molar-refractivity contribution is 5.93. The van der Waals surface area contributed by atoms with Gasteiger partial charge in [-0.3, -0.25) is 9.48 Å². The second kappa shape index (κ2) is 6.44. The van der Waals surface area contributed by atoms with Gasteiger partial charge < -0.3 is 10.1 Å². The summed E-state index contributed by atoms with van der Waals surface area (Å²) in [5, 5.41) is 7.46. The number of nitrogens with zero attached hydrogens (tertiary/aromatic N) is 2. The molecule has 0 atom stereocenters. The standard InChI is InChI=1S/C18H23N3O2/c1-12-10-13(8-9-17(12)23-3)16-11-15(20-21(16)2)18(22)19-14-6-4-5-7-14/h8-11,14H,4-7H2,1-3H3,(H,19,22). The number of hydrogen-bond donors (Lipinski definition) is 1. The van der Waals surface area contributed by atoms with Crippen molar-refractivity contribution in [2.45, 2.75) is 38.6 Å². The van der Waals surface area contributed by atoms with Crippen molar-refractivity contribution in [2.75, 3.05) is 7.11 Å². The minimum atomic E-state index is -0.0796. The average Bonchev–Trinajstić information content (AvgIpc) is 3.16. The Hall–Kier alpha value is -2.30. The minimum Gasteiger partial charge on any atom is -0.496 e. The van der Waals surface area contributed by atoms with Crippen molar-refractivity contribution < 1.29 is 9.53 Å². The van der Waals surface area contributed by atoms with E-state index in [4.69, 9.17) is 4.74 Å². The van der Waals surface area contributed by atoms with Gasteiger partial charge in [-0.15, -0.1) is 0 Å². The molecule has 2 aromatic rings. The molecule has 0 aliphatic heterocycles. The number of carbonyl (C=O) groups excluding carboxylic acids is 1. The zero-order valence-electron chi connectivity index (χ0n) is 13.9. The fourth-order valence-electron chi connectivity index (χ4n) is 3.22. The van der Waals surface area contributed by atoms with Crippen LogP contribution in [0.3, 0.4) is 0 Å². The molecule has 0 saturated heterocycles. The first-order chi connectivity index (χ1) is 11.1. The van der Waals surface area contributed by atoms with Gasteiger partial charge in [0.25, 0.3) is 5.91 Å². The monoisotopic (exact) mass is 313 g/mol. The average molecular weight is 313 g/mol. The van der Waals surface area contributed by atoms with Crippen LogP contribution < -0.4 is 10.1 Å². The lowest BCUT2D eigenvalue weighted by Gasteiger charge is -2.09. The molecule has 5 heteroatoms. The van der Waals surface area contributed by atoms with Gasteiger partial charge in [0.2, 0.25) is 0 Å². The summed E-state index contributed by atoms with van der Waals surface area (Å²) in [6.45, 7) is 2.01. The highest BCUT2D eigenvalue weighted by atomic mass is 16.5. The number of aryl methyl sites for hydroxylation is 2. The Morgan fingerprint density at radius 3 is 2.70 bits per heavy atom. The van der Waals surface area contributed by atoms with Crippen LogP contribution in [0, 0.1) is 6.92 Å². The van der Waals surface area contributed by atoms with Crippen molar-refractivity contribution in [3.63, 3.8) is 0 Å². The first-order valence-corrected chi connectivity index (χ1v) is 8.08. The van der Waals surface area contributed by atoms with Crippen LogP contribution in [-0.2, 0) is 7.05 Å². The van der Waals surface area contributed by atoms with E-state index in [2.05, 4.69) is 16.5 Å². The summed E-state index contributed by atoms with van der Waals surface area (Å²) in [6.07, 6.45) is 4.54. The van der Waals surface area contributed by atoms with Crippen LogP contribution in [0.2, 0.25) is 0 Å². The van der Waals surface area contributed by atoms with Crippen LogP contribution >= 0.6 is 0 Å². The molecule has 0 radical (unpaired) electrons. The first-order valence-electron chi connectivity index (χ1n) is 8.08. The van der Waals surface area contributed by atoms with Gasteiger partial charge in [-0.2, -0.15) is 5.10 Å². The molecule has 1 heterocycles. The molecule has 1 saturated carbocycles. The Labute approximate surface area is 136 Å². The molecule has 1 aliphatic carbocycles. The van der Waals surface area contributed by atoms with E-state index in [0.29, 0.717) is 11.7 Å². The van der Waals surface area contributed by atoms with Crippen molar-refractivity contribution >= 4 is 5.91 Å². The summed E-state index contributed by atoms with van der Waals surface area (Å²) >= 11 is 0. The number of hydrogen-bond acceptors (Lipinski definition) is 3. The molecule has 122 valence electrons. The van der Waals surface area contributed by atoms with Crippen LogP contribution in [0.5, 0.6) is 5.75 Å². The summed E-state index contributed by atoms with van der Waals surface area (Å²) < 4.78 is 7.05. The minimum absolute atomic E-state index is 0.0796. The van der Waals surface area contributed by atoms with Crippen LogP contribution in [0.15, 0.2) is 24.3 Å². The summed E-state index contributed by atoms with van der Waals surface area (Å²) in [6, 6.07) is 8.13. The van der Waals surface area contributed by atoms with E-state index >= 15 is 0 Å². The Morgan fingerprint density at radius 1 is 1.30 bits per heavy atom. The Morgan fingerprint density at radius 2 is 2.04 bits per heavy atom. The SMILES string of the molecule is COc1ccc(-c2cc(C(=O)NC3CCCC3)nn2C)cc1C. The molecule has 5 nitrogen and oxygen atoms in total. The van der Waals surface area contributed by atoms with Gasteiger partial charge in [0.15, 0.2) is 5.69 Å². The molecule has 0 spiro atoms. The zero-order chi connectivity index (χ0) is 16.4. The second-order valence-corrected chi connectivity index (χ2v) is 6.18. The lowest BCUT2D eigenvalue weighted by molar-refractivity contribution is 0.0932. The molecule has 1 amide bonds.